The minimum absolute atomic E-state index is 0.0174. The molecule has 2 fully saturated rings. The molecule has 0 radical (unpaired) electrons. The molecule has 2 aliphatic rings. The normalized spacial score (nSPS) is 27.0. The van der Waals surface area contributed by atoms with Gasteiger partial charge in [0.2, 0.25) is 11.7 Å². The predicted molar refractivity (Wildman–Crippen MR) is 64.8 cm³/mol. The van der Waals surface area contributed by atoms with E-state index in [1.54, 1.807) is 7.11 Å². The van der Waals surface area contributed by atoms with E-state index in [9.17, 15) is 0 Å². The first kappa shape index (κ1) is 11.5. The molecule has 94 valence electrons. The van der Waals surface area contributed by atoms with Gasteiger partial charge in [-0.3, -0.25) is 0 Å². The van der Waals surface area contributed by atoms with E-state index in [1.165, 1.54) is 12.8 Å². The molecule has 6 heteroatoms. The Kier molecular flexibility index (Phi) is 3.35. The summed E-state index contributed by atoms with van der Waals surface area (Å²) in [4.78, 5) is 4.49. The monoisotopic (exact) mass is 255 g/mol. The van der Waals surface area contributed by atoms with Crippen LogP contribution in [-0.4, -0.2) is 35.3 Å². The highest BCUT2D eigenvalue weighted by molar-refractivity contribution is 7.99. The van der Waals surface area contributed by atoms with E-state index in [1.807, 2.05) is 11.8 Å². The molecule has 1 saturated carbocycles. The Morgan fingerprint density at radius 1 is 1.53 bits per heavy atom. The molecule has 2 unspecified atom stereocenters. The van der Waals surface area contributed by atoms with Crippen molar-refractivity contribution >= 4 is 11.8 Å². The molecule has 1 N–H and O–H groups in total. The largest absolute Gasteiger partial charge is 0.373 e. The Bertz CT molecular complexity index is 375. The SMILES string of the molecule is COC(c1noc(C2CSCCN2)n1)C1CC1. The van der Waals surface area contributed by atoms with Crippen LogP contribution < -0.4 is 5.32 Å². The van der Waals surface area contributed by atoms with Crippen molar-refractivity contribution in [3.63, 3.8) is 0 Å². The van der Waals surface area contributed by atoms with Crippen molar-refractivity contribution in [2.45, 2.75) is 25.0 Å². The second kappa shape index (κ2) is 4.96. The number of hydrogen-bond acceptors (Lipinski definition) is 6. The Morgan fingerprint density at radius 2 is 2.41 bits per heavy atom. The van der Waals surface area contributed by atoms with Gasteiger partial charge >= 0.3 is 0 Å². The third-order valence-electron chi connectivity index (χ3n) is 3.24. The van der Waals surface area contributed by atoms with Crippen LogP contribution >= 0.6 is 11.8 Å². The van der Waals surface area contributed by atoms with Gasteiger partial charge in [0, 0.05) is 25.2 Å². The molecule has 0 spiro atoms. The first-order valence-corrected chi connectivity index (χ1v) is 7.21. The minimum Gasteiger partial charge on any atom is -0.373 e. The van der Waals surface area contributed by atoms with E-state index >= 15 is 0 Å². The van der Waals surface area contributed by atoms with Gasteiger partial charge < -0.3 is 14.6 Å². The lowest BCUT2D eigenvalue weighted by molar-refractivity contribution is 0.0751. The zero-order chi connectivity index (χ0) is 11.7. The zero-order valence-corrected chi connectivity index (χ0v) is 10.7. The molecular weight excluding hydrogens is 238 g/mol. The molecular formula is C11H17N3O2S. The highest BCUT2D eigenvalue weighted by atomic mass is 32.2. The van der Waals surface area contributed by atoms with Crippen molar-refractivity contribution in [3.05, 3.63) is 11.7 Å². The third-order valence-corrected chi connectivity index (χ3v) is 4.30. The Labute approximate surface area is 105 Å². The summed E-state index contributed by atoms with van der Waals surface area (Å²) in [6.45, 7) is 1.00. The molecule has 1 aliphatic heterocycles. The number of thioether (sulfide) groups is 1. The lowest BCUT2D eigenvalue weighted by Gasteiger charge is -2.19. The van der Waals surface area contributed by atoms with Crippen LogP contribution in [0.4, 0.5) is 0 Å². The van der Waals surface area contributed by atoms with Crippen molar-refractivity contribution in [3.8, 4) is 0 Å². The van der Waals surface area contributed by atoms with Gasteiger partial charge in [0.1, 0.15) is 6.10 Å². The van der Waals surface area contributed by atoms with Crippen molar-refractivity contribution in [2.24, 2.45) is 5.92 Å². The van der Waals surface area contributed by atoms with Gasteiger partial charge in [-0.25, -0.2) is 0 Å². The van der Waals surface area contributed by atoms with Crippen molar-refractivity contribution in [2.75, 3.05) is 25.2 Å². The second-order valence-electron chi connectivity index (χ2n) is 4.57. The fourth-order valence-corrected chi connectivity index (χ4v) is 3.06. The number of nitrogens with one attached hydrogen (secondary N) is 1. The first-order chi connectivity index (χ1) is 8.38. The molecule has 17 heavy (non-hydrogen) atoms. The zero-order valence-electron chi connectivity index (χ0n) is 9.89. The fourth-order valence-electron chi connectivity index (χ4n) is 2.14. The van der Waals surface area contributed by atoms with Crippen molar-refractivity contribution < 1.29 is 9.26 Å². The summed E-state index contributed by atoms with van der Waals surface area (Å²) in [6.07, 6.45) is 2.43. The topological polar surface area (TPSA) is 60.2 Å². The lowest BCUT2D eigenvalue weighted by Crippen LogP contribution is -2.30. The Balaban J connectivity index is 1.72. The van der Waals surface area contributed by atoms with E-state index in [0.29, 0.717) is 17.6 Å². The molecule has 1 aromatic rings. The molecule has 1 aromatic heterocycles. The van der Waals surface area contributed by atoms with Gasteiger partial charge in [-0.15, -0.1) is 0 Å². The van der Waals surface area contributed by atoms with Gasteiger partial charge in [-0.05, 0) is 18.8 Å². The summed E-state index contributed by atoms with van der Waals surface area (Å²) in [6, 6.07) is 0.201. The molecule has 3 rings (SSSR count). The molecule has 0 aromatic carbocycles. The molecule has 1 aliphatic carbocycles. The summed E-state index contributed by atoms with van der Waals surface area (Å²) in [5, 5.41) is 7.46. The average molecular weight is 255 g/mol. The highest BCUT2D eigenvalue weighted by Gasteiger charge is 2.36. The van der Waals surface area contributed by atoms with Crippen LogP contribution in [0, 0.1) is 5.92 Å². The third kappa shape index (κ3) is 2.48. The van der Waals surface area contributed by atoms with Gasteiger partial charge in [0.15, 0.2) is 0 Å². The van der Waals surface area contributed by atoms with Crippen LogP contribution in [0.3, 0.4) is 0 Å². The molecule has 0 amide bonds. The number of nitrogens with zero attached hydrogens (tertiary/aromatic N) is 2. The molecule has 5 nitrogen and oxygen atoms in total. The van der Waals surface area contributed by atoms with Gasteiger partial charge in [-0.1, -0.05) is 5.16 Å². The van der Waals surface area contributed by atoms with E-state index in [-0.39, 0.29) is 12.1 Å². The van der Waals surface area contributed by atoms with E-state index in [2.05, 4.69) is 15.5 Å². The maximum Gasteiger partial charge on any atom is 0.244 e. The maximum atomic E-state index is 5.45. The van der Waals surface area contributed by atoms with E-state index in [4.69, 9.17) is 9.26 Å². The minimum atomic E-state index is 0.0174. The van der Waals surface area contributed by atoms with Crippen LogP contribution in [0.1, 0.15) is 36.7 Å². The van der Waals surface area contributed by atoms with E-state index < -0.39 is 0 Å². The van der Waals surface area contributed by atoms with E-state index in [0.717, 1.165) is 18.1 Å². The molecule has 2 atom stereocenters. The van der Waals surface area contributed by atoms with Gasteiger partial charge in [0.25, 0.3) is 0 Å². The predicted octanol–water partition coefficient (Wildman–Crippen LogP) is 1.54. The number of hydrogen-bond donors (Lipinski definition) is 1. The summed E-state index contributed by atoms with van der Waals surface area (Å²) < 4.78 is 10.8. The average Bonchev–Trinajstić information content (AvgIpc) is 3.09. The Hall–Kier alpha value is -0.590. The van der Waals surface area contributed by atoms with Crippen LogP contribution in [-0.2, 0) is 4.74 Å². The number of rotatable bonds is 4. The maximum absolute atomic E-state index is 5.45. The standard InChI is InChI=1S/C11H17N3O2S/c1-15-9(7-2-3-7)10-13-11(16-14-10)8-6-17-5-4-12-8/h7-9,12H,2-6H2,1H3. The van der Waals surface area contributed by atoms with Crippen molar-refractivity contribution in [1.82, 2.24) is 15.5 Å². The quantitative estimate of drug-likeness (QED) is 0.880. The first-order valence-electron chi connectivity index (χ1n) is 6.06. The number of aromatic nitrogens is 2. The van der Waals surface area contributed by atoms with Gasteiger partial charge in [-0.2, -0.15) is 16.7 Å². The summed E-state index contributed by atoms with van der Waals surface area (Å²) >= 11 is 1.92. The Morgan fingerprint density at radius 3 is 3.06 bits per heavy atom. The summed E-state index contributed by atoms with van der Waals surface area (Å²) in [7, 11) is 1.72. The number of methoxy groups -OCH3 is 1. The molecule has 1 saturated heterocycles. The van der Waals surface area contributed by atoms with Crippen LogP contribution in [0.15, 0.2) is 4.52 Å². The van der Waals surface area contributed by atoms with Crippen LogP contribution in [0.5, 0.6) is 0 Å². The van der Waals surface area contributed by atoms with Crippen molar-refractivity contribution in [1.29, 1.82) is 0 Å². The van der Waals surface area contributed by atoms with Crippen LogP contribution in [0.25, 0.3) is 0 Å². The summed E-state index contributed by atoms with van der Waals surface area (Å²) in [5.41, 5.74) is 0. The number of ether oxygens (including phenoxy) is 1. The highest BCUT2D eigenvalue weighted by Crippen LogP contribution is 2.42. The fraction of sp³-hybridized carbons (Fsp3) is 0.818. The molecule has 2 heterocycles. The van der Waals surface area contributed by atoms with Crippen LogP contribution in [0.2, 0.25) is 0 Å². The smallest absolute Gasteiger partial charge is 0.244 e. The second-order valence-corrected chi connectivity index (χ2v) is 5.72. The van der Waals surface area contributed by atoms with Gasteiger partial charge in [0.05, 0.1) is 6.04 Å². The molecule has 0 bridgehead atoms. The summed E-state index contributed by atoms with van der Waals surface area (Å²) in [5.74, 6) is 4.15. The lowest BCUT2D eigenvalue weighted by atomic mass is 10.2.